The first kappa shape index (κ1) is 23.0. The largest absolute Gasteiger partial charge is 2.00 e. The van der Waals surface area contributed by atoms with E-state index in [9.17, 15) is 4.79 Å². The van der Waals surface area contributed by atoms with E-state index >= 15 is 0 Å². The summed E-state index contributed by atoms with van der Waals surface area (Å²) in [5.74, 6) is 0. The van der Waals surface area contributed by atoms with Crippen LogP contribution in [0.5, 0.6) is 0 Å². The SMILES string of the molecule is CC(C)(C)OC(=O)n1c[c-]c2ccccc21.CC(C)[N-]C(C)C.[Mg+2]. The second-order valence-corrected chi connectivity index (χ2v) is 6.98. The topological polar surface area (TPSA) is 45.3 Å². The fourth-order valence-corrected chi connectivity index (χ4v) is 2.07. The standard InChI is InChI=1S/C13H14NO2.C6H14N.Mg/c1-13(2,3)16-12(15)14-9-8-10-6-4-5-7-11(10)14;1-5(2)7-6(3)4;/h4-7,9H,1-3H3;5-6H,1-4H3;/q2*-1;+2. The van der Waals surface area contributed by atoms with E-state index in [0.29, 0.717) is 12.1 Å². The van der Waals surface area contributed by atoms with Gasteiger partial charge in [-0.05, 0) is 20.8 Å². The van der Waals surface area contributed by atoms with Crippen LogP contribution < -0.4 is 0 Å². The molecule has 0 fully saturated rings. The van der Waals surface area contributed by atoms with Gasteiger partial charge >= 0.3 is 29.1 Å². The average molecular weight is 341 g/mol. The molecule has 0 saturated heterocycles. The summed E-state index contributed by atoms with van der Waals surface area (Å²) in [6, 6.07) is 11.6. The minimum atomic E-state index is -0.484. The van der Waals surface area contributed by atoms with Crippen molar-refractivity contribution in [3.05, 3.63) is 41.8 Å². The van der Waals surface area contributed by atoms with Crippen LogP contribution in [0.4, 0.5) is 4.79 Å². The molecule has 0 spiro atoms. The van der Waals surface area contributed by atoms with Crippen LogP contribution in [-0.4, -0.2) is 51.4 Å². The summed E-state index contributed by atoms with van der Waals surface area (Å²) >= 11 is 0. The van der Waals surface area contributed by atoms with Crippen LogP contribution in [0.1, 0.15) is 48.5 Å². The molecule has 4 nitrogen and oxygen atoms in total. The van der Waals surface area contributed by atoms with E-state index in [1.807, 2.05) is 45.0 Å². The first-order valence-electron chi connectivity index (χ1n) is 8.01. The molecule has 0 aliphatic heterocycles. The predicted molar refractivity (Wildman–Crippen MR) is 102 cm³/mol. The van der Waals surface area contributed by atoms with Crippen molar-refractivity contribution in [2.45, 2.75) is 66.2 Å². The monoisotopic (exact) mass is 340 g/mol. The van der Waals surface area contributed by atoms with Crippen LogP contribution in [0.25, 0.3) is 16.2 Å². The summed E-state index contributed by atoms with van der Waals surface area (Å²) in [5, 5.41) is 5.19. The van der Waals surface area contributed by atoms with Gasteiger partial charge in [0.2, 0.25) is 0 Å². The van der Waals surface area contributed by atoms with E-state index in [1.165, 1.54) is 4.57 Å². The Bertz CT molecular complexity index is 622. The second kappa shape index (κ2) is 10.1. The molecule has 1 aromatic heterocycles. The molecule has 1 aromatic carbocycles. The molecule has 24 heavy (non-hydrogen) atoms. The third kappa shape index (κ3) is 8.17. The number of hydrogen-bond donors (Lipinski definition) is 0. The van der Waals surface area contributed by atoms with Gasteiger partial charge in [0.1, 0.15) is 5.60 Å². The Balaban J connectivity index is 0.000000570. The normalized spacial score (nSPS) is 11.0. The zero-order valence-corrected chi connectivity index (χ0v) is 17.4. The summed E-state index contributed by atoms with van der Waals surface area (Å²) in [5.41, 5.74) is 0.333. The van der Waals surface area contributed by atoms with E-state index < -0.39 is 5.60 Å². The summed E-state index contributed by atoms with van der Waals surface area (Å²) in [4.78, 5) is 11.9. The molecule has 0 amide bonds. The zero-order valence-electron chi connectivity index (χ0n) is 16.0. The number of nitrogens with zero attached hydrogens (tertiary/aromatic N) is 2. The third-order valence-electron chi connectivity index (χ3n) is 2.70. The summed E-state index contributed by atoms with van der Waals surface area (Å²) in [6.45, 7) is 13.9. The van der Waals surface area contributed by atoms with Crippen molar-refractivity contribution in [3.63, 3.8) is 0 Å². The van der Waals surface area contributed by atoms with Crippen molar-refractivity contribution in [1.29, 1.82) is 0 Å². The molecule has 0 atom stereocenters. The van der Waals surface area contributed by atoms with Crippen LogP contribution in [-0.2, 0) is 4.74 Å². The number of carbonyl (C=O) groups excluding carboxylic acids is 1. The Kier molecular flexibility index (Phi) is 9.62. The molecule has 5 heteroatoms. The molecule has 0 aliphatic rings. The molecular formula is C19H28MgN2O2. The number of ether oxygens (including phenoxy) is 1. The van der Waals surface area contributed by atoms with Gasteiger partial charge in [-0.3, -0.25) is 0 Å². The van der Waals surface area contributed by atoms with Gasteiger partial charge in [-0.25, -0.2) is 4.79 Å². The zero-order chi connectivity index (χ0) is 17.6. The van der Waals surface area contributed by atoms with Crippen molar-refractivity contribution in [2.24, 2.45) is 0 Å². The second-order valence-electron chi connectivity index (χ2n) is 6.98. The Labute approximate surface area is 162 Å². The number of hydrogen-bond acceptors (Lipinski definition) is 2. The molecule has 0 bridgehead atoms. The Morgan fingerprint density at radius 3 is 2.12 bits per heavy atom. The molecule has 0 saturated carbocycles. The summed E-state index contributed by atoms with van der Waals surface area (Å²) in [6.07, 6.45) is 1.24. The van der Waals surface area contributed by atoms with Gasteiger partial charge in [0.15, 0.2) is 0 Å². The maximum Gasteiger partial charge on any atom is 2.00 e. The summed E-state index contributed by atoms with van der Waals surface area (Å²) < 4.78 is 6.77. The van der Waals surface area contributed by atoms with Crippen LogP contribution in [0.3, 0.4) is 0 Å². The molecule has 0 unspecified atom stereocenters. The molecule has 0 radical (unpaired) electrons. The van der Waals surface area contributed by atoms with E-state index in [0.717, 1.165) is 10.9 Å². The van der Waals surface area contributed by atoms with Crippen molar-refractivity contribution in [2.75, 3.05) is 0 Å². The maximum absolute atomic E-state index is 11.9. The molecule has 1 heterocycles. The number of fused-ring (bicyclic) bond motifs is 1. The number of carbonyl (C=O) groups is 1. The molecule has 0 aliphatic carbocycles. The van der Waals surface area contributed by atoms with Crippen molar-refractivity contribution in [1.82, 2.24) is 4.57 Å². The van der Waals surface area contributed by atoms with Gasteiger partial charge in [-0.15, -0.1) is 18.2 Å². The van der Waals surface area contributed by atoms with Crippen molar-refractivity contribution < 1.29 is 9.53 Å². The van der Waals surface area contributed by atoms with E-state index in [1.54, 1.807) is 6.20 Å². The Hall–Kier alpha value is -1.04. The third-order valence-corrected chi connectivity index (χ3v) is 2.70. The molecule has 128 valence electrons. The maximum atomic E-state index is 11.9. The molecule has 0 N–H and O–H groups in total. The summed E-state index contributed by atoms with van der Waals surface area (Å²) in [7, 11) is 0. The Morgan fingerprint density at radius 1 is 1.12 bits per heavy atom. The number of rotatable bonds is 2. The van der Waals surface area contributed by atoms with Crippen LogP contribution in [0, 0.1) is 6.07 Å². The van der Waals surface area contributed by atoms with Gasteiger partial charge in [-0.2, -0.15) is 17.5 Å². The van der Waals surface area contributed by atoms with Gasteiger partial charge in [0.25, 0.3) is 0 Å². The van der Waals surface area contributed by atoms with Gasteiger partial charge in [-0.1, -0.05) is 51.5 Å². The quantitative estimate of drug-likeness (QED) is 0.569. The predicted octanol–water partition coefficient (Wildman–Crippen LogP) is 5.02. The van der Waals surface area contributed by atoms with Crippen molar-refractivity contribution >= 4 is 40.0 Å². The minimum Gasteiger partial charge on any atom is -0.658 e. The van der Waals surface area contributed by atoms with Gasteiger partial charge in [0, 0.05) is 0 Å². The minimum absolute atomic E-state index is 0. The molecule has 2 aromatic rings. The van der Waals surface area contributed by atoms with Crippen LogP contribution in [0.15, 0.2) is 30.5 Å². The number of benzene rings is 1. The first-order chi connectivity index (χ1) is 10.6. The smallest absolute Gasteiger partial charge is 0.658 e. The fourth-order valence-electron chi connectivity index (χ4n) is 2.07. The van der Waals surface area contributed by atoms with Crippen molar-refractivity contribution in [3.8, 4) is 0 Å². The van der Waals surface area contributed by atoms with Crippen LogP contribution >= 0.6 is 0 Å². The number of para-hydroxylation sites is 1. The molecular weight excluding hydrogens is 313 g/mol. The fraction of sp³-hybridized carbons (Fsp3) is 0.526. The number of aromatic nitrogens is 1. The van der Waals surface area contributed by atoms with E-state index in [2.05, 4.69) is 39.1 Å². The van der Waals surface area contributed by atoms with Gasteiger partial charge < -0.3 is 14.6 Å². The van der Waals surface area contributed by atoms with Gasteiger partial charge in [0.05, 0.1) is 0 Å². The average Bonchev–Trinajstić information content (AvgIpc) is 2.79. The van der Waals surface area contributed by atoms with Crippen LogP contribution in [0.2, 0.25) is 0 Å². The first-order valence-corrected chi connectivity index (χ1v) is 8.01. The Morgan fingerprint density at radius 2 is 1.67 bits per heavy atom. The van der Waals surface area contributed by atoms with E-state index in [4.69, 9.17) is 4.74 Å². The molecule has 2 rings (SSSR count). The van der Waals surface area contributed by atoms with E-state index in [-0.39, 0.29) is 29.1 Å².